The Bertz CT molecular complexity index is 708. The highest BCUT2D eigenvalue weighted by Crippen LogP contribution is 2.48. The summed E-state index contributed by atoms with van der Waals surface area (Å²) in [6.45, 7) is 8.46. The summed E-state index contributed by atoms with van der Waals surface area (Å²) in [6.07, 6.45) is 2.78. The average molecular weight is 335 g/mol. The van der Waals surface area contributed by atoms with Gasteiger partial charge in [-0.15, -0.1) is 0 Å². The topological polar surface area (TPSA) is 42.1 Å². The number of anilines is 1. The standard InChI is InChI=1S/C22H29N3/c1-15(2)12-25-13-18-10-11-19(14-25)22(18)17-8-6-16(7-9-17)20-4-3-5-21(23)24-20/h3-9,15,18-19,22H,10-14H2,1-2H3,(H2,23,24). The van der Waals surface area contributed by atoms with Crippen LogP contribution in [0.15, 0.2) is 42.5 Å². The van der Waals surface area contributed by atoms with E-state index in [1.54, 1.807) is 0 Å². The molecule has 1 aliphatic heterocycles. The van der Waals surface area contributed by atoms with Crippen molar-refractivity contribution < 1.29 is 0 Å². The maximum Gasteiger partial charge on any atom is 0.124 e. The third-order valence-corrected chi connectivity index (χ3v) is 5.89. The van der Waals surface area contributed by atoms with Crippen molar-refractivity contribution in [3.63, 3.8) is 0 Å². The predicted molar refractivity (Wildman–Crippen MR) is 104 cm³/mol. The van der Waals surface area contributed by atoms with Gasteiger partial charge in [-0.05, 0) is 54.2 Å². The van der Waals surface area contributed by atoms with Crippen LogP contribution in [-0.2, 0) is 0 Å². The molecule has 2 N–H and O–H groups in total. The normalized spacial score (nSPS) is 26.3. The lowest BCUT2D eigenvalue weighted by Gasteiger charge is -2.39. The van der Waals surface area contributed by atoms with Crippen LogP contribution in [0, 0.1) is 17.8 Å². The Hall–Kier alpha value is -1.87. The number of fused-ring (bicyclic) bond motifs is 2. The molecule has 0 spiro atoms. The van der Waals surface area contributed by atoms with E-state index in [0.717, 1.165) is 34.9 Å². The number of nitrogen functional groups attached to an aromatic ring is 1. The number of benzene rings is 1. The third kappa shape index (κ3) is 3.43. The zero-order chi connectivity index (χ0) is 17.4. The summed E-state index contributed by atoms with van der Waals surface area (Å²) in [4.78, 5) is 7.14. The Morgan fingerprint density at radius 2 is 1.72 bits per heavy atom. The molecule has 1 aliphatic carbocycles. The largest absolute Gasteiger partial charge is 0.384 e. The first-order valence-electron chi connectivity index (χ1n) is 9.65. The van der Waals surface area contributed by atoms with Crippen molar-refractivity contribution in [2.75, 3.05) is 25.4 Å². The Labute approximate surface area is 151 Å². The molecule has 1 saturated carbocycles. The Balaban J connectivity index is 1.51. The van der Waals surface area contributed by atoms with Gasteiger partial charge in [0.2, 0.25) is 0 Å². The number of hydrogen-bond acceptors (Lipinski definition) is 3. The summed E-state index contributed by atoms with van der Waals surface area (Å²) >= 11 is 0. The fourth-order valence-corrected chi connectivity index (χ4v) is 5.02. The van der Waals surface area contributed by atoms with Gasteiger partial charge in [-0.2, -0.15) is 0 Å². The molecule has 1 aromatic heterocycles. The first-order valence-corrected chi connectivity index (χ1v) is 9.65. The molecule has 2 aromatic rings. The molecule has 2 bridgehead atoms. The summed E-state index contributed by atoms with van der Waals surface area (Å²) in [5.74, 6) is 3.74. The maximum atomic E-state index is 5.82. The van der Waals surface area contributed by atoms with Crippen molar-refractivity contribution in [3.05, 3.63) is 48.0 Å². The van der Waals surface area contributed by atoms with Crippen LogP contribution in [-0.4, -0.2) is 29.5 Å². The molecule has 4 rings (SSSR count). The zero-order valence-corrected chi connectivity index (χ0v) is 15.4. The van der Waals surface area contributed by atoms with E-state index < -0.39 is 0 Å². The van der Waals surface area contributed by atoms with E-state index in [1.807, 2.05) is 18.2 Å². The second-order valence-corrected chi connectivity index (χ2v) is 8.31. The summed E-state index contributed by atoms with van der Waals surface area (Å²) in [7, 11) is 0. The molecule has 2 heterocycles. The second kappa shape index (κ2) is 6.80. The van der Waals surface area contributed by atoms with E-state index in [-0.39, 0.29) is 0 Å². The lowest BCUT2D eigenvalue weighted by atomic mass is 9.79. The van der Waals surface area contributed by atoms with E-state index in [4.69, 9.17) is 5.73 Å². The van der Waals surface area contributed by atoms with Crippen molar-refractivity contribution in [2.24, 2.45) is 17.8 Å². The molecule has 25 heavy (non-hydrogen) atoms. The highest BCUT2D eigenvalue weighted by atomic mass is 15.1. The van der Waals surface area contributed by atoms with Gasteiger partial charge in [-0.1, -0.05) is 44.2 Å². The van der Waals surface area contributed by atoms with Crippen LogP contribution < -0.4 is 5.73 Å². The van der Waals surface area contributed by atoms with Crippen molar-refractivity contribution in [2.45, 2.75) is 32.6 Å². The van der Waals surface area contributed by atoms with Gasteiger partial charge < -0.3 is 10.6 Å². The summed E-state index contributed by atoms with van der Waals surface area (Å²) in [5, 5.41) is 0. The Morgan fingerprint density at radius 3 is 2.32 bits per heavy atom. The minimum atomic E-state index is 0.581. The Morgan fingerprint density at radius 1 is 1.04 bits per heavy atom. The van der Waals surface area contributed by atoms with E-state index in [0.29, 0.717) is 5.82 Å². The number of aromatic nitrogens is 1. The van der Waals surface area contributed by atoms with E-state index >= 15 is 0 Å². The first kappa shape index (κ1) is 16.6. The van der Waals surface area contributed by atoms with Crippen molar-refractivity contribution in [1.29, 1.82) is 0 Å². The van der Waals surface area contributed by atoms with Gasteiger partial charge in [0.05, 0.1) is 5.69 Å². The number of hydrogen-bond donors (Lipinski definition) is 1. The lowest BCUT2D eigenvalue weighted by Crippen LogP contribution is -2.42. The number of pyridine rings is 1. The zero-order valence-electron chi connectivity index (χ0n) is 15.4. The van der Waals surface area contributed by atoms with Crippen molar-refractivity contribution in [1.82, 2.24) is 9.88 Å². The fraction of sp³-hybridized carbons (Fsp3) is 0.500. The summed E-state index contributed by atoms with van der Waals surface area (Å²) in [6, 6.07) is 14.9. The molecule has 3 nitrogen and oxygen atoms in total. The van der Waals surface area contributed by atoms with Crippen LogP contribution in [0.4, 0.5) is 5.82 Å². The van der Waals surface area contributed by atoms with Gasteiger partial charge in [0, 0.05) is 25.2 Å². The molecule has 2 atom stereocenters. The molecule has 1 saturated heterocycles. The minimum Gasteiger partial charge on any atom is -0.384 e. The maximum absolute atomic E-state index is 5.82. The van der Waals surface area contributed by atoms with Crippen LogP contribution in [0.3, 0.4) is 0 Å². The van der Waals surface area contributed by atoms with Gasteiger partial charge in [0.1, 0.15) is 5.82 Å². The highest BCUT2D eigenvalue weighted by molar-refractivity contribution is 5.61. The van der Waals surface area contributed by atoms with Crippen LogP contribution in [0.5, 0.6) is 0 Å². The molecule has 1 aromatic carbocycles. The fourth-order valence-electron chi connectivity index (χ4n) is 5.02. The van der Waals surface area contributed by atoms with E-state index in [2.05, 4.69) is 48.0 Å². The van der Waals surface area contributed by atoms with Gasteiger partial charge in [-0.3, -0.25) is 0 Å². The quantitative estimate of drug-likeness (QED) is 0.900. The lowest BCUT2D eigenvalue weighted by molar-refractivity contribution is 0.132. The smallest absolute Gasteiger partial charge is 0.124 e. The molecule has 2 aliphatic rings. The molecule has 132 valence electrons. The van der Waals surface area contributed by atoms with Crippen molar-refractivity contribution >= 4 is 5.82 Å². The number of likely N-dealkylation sites (tertiary alicyclic amines) is 1. The molecular formula is C22H29N3. The highest BCUT2D eigenvalue weighted by Gasteiger charge is 2.42. The van der Waals surface area contributed by atoms with E-state index in [9.17, 15) is 0 Å². The first-order chi connectivity index (χ1) is 12.1. The minimum absolute atomic E-state index is 0.581. The monoisotopic (exact) mass is 335 g/mol. The van der Waals surface area contributed by atoms with Gasteiger partial charge in [0.25, 0.3) is 0 Å². The van der Waals surface area contributed by atoms with Crippen molar-refractivity contribution in [3.8, 4) is 11.3 Å². The number of rotatable bonds is 4. The molecule has 2 unspecified atom stereocenters. The third-order valence-electron chi connectivity index (χ3n) is 5.89. The SMILES string of the molecule is CC(C)CN1CC2CCC(C1)C2c1ccc(-c2cccc(N)n2)cc1. The molecule has 0 radical (unpaired) electrons. The number of nitrogens with zero attached hydrogens (tertiary/aromatic N) is 2. The molecular weight excluding hydrogens is 306 g/mol. The van der Waals surface area contributed by atoms with Crippen LogP contribution in [0.2, 0.25) is 0 Å². The number of nitrogens with two attached hydrogens (primary N) is 1. The predicted octanol–water partition coefficient (Wildman–Crippen LogP) is 4.41. The molecule has 0 amide bonds. The van der Waals surface area contributed by atoms with E-state index in [1.165, 1.54) is 38.0 Å². The molecule has 3 heteroatoms. The summed E-state index contributed by atoms with van der Waals surface area (Å²) < 4.78 is 0. The molecule has 2 fully saturated rings. The average Bonchev–Trinajstić information content (AvgIpc) is 2.85. The van der Waals surface area contributed by atoms with Gasteiger partial charge in [0.15, 0.2) is 0 Å². The second-order valence-electron chi connectivity index (χ2n) is 8.31. The van der Waals surface area contributed by atoms with Gasteiger partial charge >= 0.3 is 0 Å². The summed E-state index contributed by atoms with van der Waals surface area (Å²) in [5.41, 5.74) is 9.45. The Kier molecular flexibility index (Phi) is 4.51. The van der Waals surface area contributed by atoms with Crippen LogP contribution >= 0.6 is 0 Å². The van der Waals surface area contributed by atoms with Crippen LogP contribution in [0.1, 0.15) is 38.2 Å². The number of piperidine rings is 1. The van der Waals surface area contributed by atoms with Gasteiger partial charge in [-0.25, -0.2) is 4.98 Å². The van der Waals surface area contributed by atoms with Crippen LogP contribution in [0.25, 0.3) is 11.3 Å².